The minimum absolute atomic E-state index is 0.0163. The van der Waals surface area contributed by atoms with E-state index in [2.05, 4.69) is 10.5 Å². The average Bonchev–Trinajstić information content (AvgIpc) is 2.85. The zero-order valence-corrected chi connectivity index (χ0v) is 14.3. The first kappa shape index (κ1) is 17.7. The quantitative estimate of drug-likeness (QED) is 0.844. The summed E-state index contributed by atoms with van der Waals surface area (Å²) in [5, 5.41) is 15.8. The molecule has 0 saturated carbocycles. The third kappa shape index (κ3) is 4.01. The van der Waals surface area contributed by atoms with Crippen molar-refractivity contribution in [2.45, 2.75) is 46.0 Å². The number of hydrogen-bond donors (Lipinski definition) is 2. The molecule has 1 aromatic heterocycles. The number of rotatable bonds is 6. The van der Waals surface area contributed by atoms with Crippen LogP contribution in [0.3, 0.4) is 0 Å². The lowest BCUT2D eigenvalue weighted by atomic mass is 9.96. The number of carboxylic acid groups (broad SMARTS) is 1. The zero-order chi connectivity index (χ0) is 17.9. The van der Waals surface area contributed by atoms with Crippen molar-refractivity contribution in [3.8, 4) is 0 Å². The Morgan fingerprint density at radius 1 is 1.29 bits per heavy atom. The third-order valence-corrected chi connectivity index (χ3v) is 4.11. The zero-order valence-electron chi connectivity index (χ0n) is 14.3. The van der Waals surface area contributed by atoms with Gasteiger partial charge in [-0.15, -0.1) is 0 Å². The summed E-state index contributed by atoms with van der Waals surface area (Å²) < 4.78 is 5.14. The molecule has 0 aliphatic carbocycles. The molecule has 0 radical (unpaired) electrons. The molecule has 2 atom stereocenters. The van der Waals surface area contributed by atoms with Crippen LogP contribution in [0.15, 0.2) is 28.8 Å². The number of hydrogen-bond acceptors (Lipinski definition) is 4. The van der Waals surface area contributed by atoms with E-state index in [0.29, 0.717) is 17.7 Å². The smallest absolute Gasteiger partial charge is 0.310 e. The number of aliphatic carboxylic acids is 1. The first-order valence-corrected chi connectivity index (χ1v) is 7.85. The number of amides is 1. The number of carbonyl (C=O) groups excluding carboxylic acids is 1. The van der Waals surface area contributed by atoms with Gasteiger partial charge in [0.2, 0.25) is 5.91 Å². The molecular weight excluding hydrogens is 308 g/mol. The van der Waals surface area contributed by atoms with Gasteiger partial charge in [-0.05, 0) is 44.4 Å². The van der Waals surface area contributed by atoms with Gasteiger partial charge in [-0.1, -0.05) is 24.2 Å². The van der Waals surface area contributed by atoms with Crippen molar-refractivity contribution in [2.24, 2.45) is 0 Å². The van der Waals surface area contributed by atoms with Crippen LogP contribution in [0, 0.1) is 13.8 Å². The Morgan fingerprint density at radius 2 is 2.00 bits per heavy atom. The molecule has 2 aromatic rings. The number of nitrogens with one attached hydrogen (secondary N) is 1. The molecule has 128 valence electrons. The summed E-state index contributed by atoms with van der Waals surface area (Å²) in [6.45, 7) is 7.26. The number of benzene rings is 1. The second kappa shape index (κ2) is 7.29. The minimum atomic E-state index is -0.898. The van der Waals surface area contributed by atoms with Crippen LogP contribution in [-0.2, 0) is 9.59 Å². The molecule has 2 N–H and O–H groups in total. The topological polar surface area (TPSA) is 92.4 Å². The Kier molecular flexibility index (Phi) is 5.39. The van der Waals surface area contributed by atoms with Crippen molar-refractivity contribution >= 4 is 17.6 Å². The van der Waals surface area contributed by atoms with Crippen LogP contribution >= 0.6 is 0 Å². The lowest BCUT2D eigenvalue weighted by molar-refractivity contribution is -0.138. The standard InChI is InChI=1S/C18H22N2O4/c1-10(17-12(3)20-24-13(17)4)8-16(21)19-15-7-5-6-14(9-15)11(2)18(22)23/h5-7,9-11H,8H2,1-4H3,(H,19,21)(H,22,23). The Balaban J connectivity index is 2.05. The lowest BCUT2D eigenvalue weighted by Crippen LogP contribution is -2.15. The molecule has 0 spiro atoms. The molecule has 0 bridgehead atoms. The molecule has 6 nitrogen and oxygen atoms in total. The Labute approximate surface area is 140 Å². The fourth-order valence-electron chi connectivity index (χ4n) is 2.81. The molecule has 0 aliphatic rings. The van der Waals surface area contributed by atoms with Crippen LogP contribution in [0.4, 0.5) is 5.69 Å². The summed E-state index contributed by atoms with van der Waals surface area (Å²) in [5.41, 5.74) is 3.00. The molecule has 1 amide bonds. The molecular formula is C18H22N2O4. The summed E-state index contributed by atoms with van der Waals surface area (Å²) >= 11 is 0. The largest absolute Gasteiger partial charge is 0.481 e. The summed E-state index contributed by atoms with van der Waals surface area (Å²) in [7, 11) is 0. The maximum atomic E-state index is 12.3. The normalized spacial score (nSPS) is 13.3. The Bertz CT molecular complexity index is 732. The highest BCUT2D eigenvalue weighted by Crippen LogP contribution is 2.26. The van der Waals surface area contributed by atoms with Gasteiger partial charge >= 0.3 is 5.97 Å². The monoisotopic (exact) mass is 330 g/mol. The van der Waals surface area contributed by atoms with Crippen LogP contribution in [0.2, 0.25) is 0 Å². The van der Waals surface area contributed by atoms with Gasteiger partial charge in [-0.3, -0.25) is 9.59 Å². The molecule has 24 heavy (non-hydrogen) atoms. The van der Waals surface area contributed by atoms with Crippen molar-refractivity contribution in [3.63, 3.8) is 0 Å². The van der Waals surface area contributed by atoms with Crippen LogP contribution in [0.1, 0.15) is 54.7 Å². The molecule has 0 saturated heterocycles. The molecule has 1 heterocycles. The van der Waals surface area contributed by atoms with E-state index < -0.39 is 11.9 Å². The summed E-state index contributed by atoms with van der Waals surface area (Å²) in [6, 6.07) is 6.91. The molecule has 0 fully saturated rings. The predicted octanol–water partition coefficient (Wildman–Crippen LogP) is 3.61. The third-order valence-electron chi connectivity index (χ3n) is 4.11. The van der Waals surface area contributed by atoms with Crippen molar-refractivity contribution in [1.29, 1.82) is 0 Å². The maximum absolute atomic E-state index is 12.3. The maximum Gasteiger partial charge on any atom is 0.310 e. The molecule has 2 rings (SSSR count). The molecule has 0 aliphatic heterocycles. The number of carboxylic acids is 1. The van der Waals surface area contributed by atoms with Crippen LogP contribution in [-0.4, -0.2) is 22.1 Å². The van der Waals surface area contributed by atoms with E-state index in [-0.39, 0.29) is 11.8 Å². The number of carbonyl (C=O) groups is 2. The van der Waals surface area contributed by atoms with E-state index in [1.807, 2.05) is 20.8 Å². The minimum Gasteiger partial charge on any atom is -0.481 e. The van der Waals surface area contributed by atoms with E-state index in [0.717, 1.165) is 17.0 Å². The van der Waals surface area contributed by atoms with Crippen LogP contribution in [0.25, 0.3) is 0 Å². The van der Waals surface area contributed by atoms with Crippen LogP contribution in [0.5, 0.6) is 0 Å². The first-order chi connectivity index (χ1) is 11.3. The van der Waals surface area contributed by atoms with Crippen LogP contribution < -0.4 is 5.32 Å². The fourth-order valence-corrected chi connectivity index (χ4v) is 2.81. The van der Waals surface area contributed by atoms with E-state index in [4.69, 9.17) is 9.63 Å². The Morgan fingerprint density at radius 3 is 2.58 bits per heavy atom. The van der Waals surface area contributed by atoms with E-state index in [1.165, 1.54) is 0 Å². The van der Waals surface area contributed by atoms with Gasteiger partial charge in [0.25, 0.3) is 0 Å². The van der Waals surface area contributed by atoms with Gasteiger partial charge in [0.05, 0.1) is 11.6 Å². The highest BCUT2D eigenvalue weighted by molar-refractivity contribution is 5.91. The van der Waals surface area contributed by atoms with E-state index >= 15 is 0 Å². The van der Waals surface area contributed by atoms with Gasteiger partial charge in [0.1, 0.15) is 5.76 Å². The summed E-state index contributed by atoms with van der Waals surface area (Å²) in [4.78, 5) is 23.3. The van der Waals surface area contributed by atoms with Gasteiger partial charge in [-0.25, -0.2) is 0 Å². The molecule has 2 unspecified atom stereocenters. The Hall–Kier alpha value is -2.63. The molecule has 1 aromatic carbocycles. The summed E-state index contributed by atoms with van der Waals surface area (Å²) in [5.74, 6) is -0.946. The predicted molar refractivity (Wildman–Crippen MR) is 90.1 cm³/mol. The van der Waals surface area contributed by atoms with Crippen molar-refractivity contribution in [1.82, 2.24) is 5.16 Å². The van der Waals surface area contributed by atoms with Crippen molar-refractivity contribution in [3.05, 3.63) is 46.8 Å². The number of aryl methyl sites for hydroxylation is 2. The highest BCUT2D eigenvalue weighted by Gasteiger charge is 2.20. The number of aromatic nitrogens is 1. The number of anilines is 1. The van der Waals surface area contributed by atoms with E-state index in [1.54, 1.807) is 31.2 Å². The first-order valence-electron chi connectivity index (χ1n) is 7.85. The average molecular weight is 330 g/mol. The van der Waals surface area contributed by atoms with Gasteiger partial charge in [-0.2, -0.15) is 0 Å². The highest BCUT2D eigenvalue weighted by atomic mass is 16.5. The lowest BCUT2D eigenvalue weighted by Gasteiger charge is -2.13. The fraction of sp³-hybridized carbons (Fsp3) is 0.389. The van der Waals surface area contributed by atoms with Gasteiger partial charge in [0, 0.05) is 17.7 Å². The SMILES string of the molecule is Cc1noc(C)c1C(C)CC(=O)Nc1cccc(C(C)C(=O)O)c1. The molecule has 6 heteroatoms. The van der Waals surface area contributed by atoms with Crippen molar-refractivity contribution < 1.29 is 19.2 Å². The second-order valence-corrected chi connectivity index (χ2v) is 6.08. The van der Waals surface area contributed by atoms with E-state index in [9.17, 15) is 9.59 Å². The number of nitrogens with zero attached hydrogens (tertiary/aromatic N) is 1. The van der Waals surface area contributed by atoms with Gasteiger partial charge in [0.15, 0.2) is 0 Å². The second-order valence-electron chi connectivity index (χ2n) is 6.08. The van der Waals surface area contributed by atoms with Gasteiger partial charge < -0.3 is 14.9 Å². The summed E-state index contributed by atoms with van der Waals surface area (Å²) in [6.07, 6.45) is 0.293. The van der Waals surface area contributed by atoms with Crippen molar-refractivity contribution in [2.75, 3.05) is 5.32 Å².